The maximum atomic E-state index is 13.0. The third kappa shape index (κ3) is 2.98. The highest BCUT2D eigenvalue weighted by Gasteiger charge is 2.43. The minimum absolute atomic E-state index is 0.0217. The molecule has 0 amide bonds. The first-order valence-corrected chi connectivity index (χ1v) is 9.39. The molecule has 2 fully saturated rings. The number of hydrogen-bond acceptors (Lipinski definition) is 5. The third-order valence-electron chi connectivity index (χ3n) is 4.51. The third-order valence-corrected chi connectivity index (χ3v) is 6.82. The summed E-state index contributed by atoms with van der Waals surface area (Å²) in [5, 5.41) is 3.36. The number of carbonyl (C=O) groups excluding carboxylic acids is 1. The van der Waals surface area contributed by atoms with Crippen LogP contribution in [0.4, 0.5) is 0 Å². The van der Waals surface area contributed by atoms with Crippen LogP contribution in [0.25, 0.3) is 0 Å². The molecular weight excluding hydrogens is 340 g/mol. The van der Waals surface area contributed by atoms with Crippen LogP contribution in [0.5, 0.6) is 0 Å². The maximum Gasteiger partial charge on any atom is 0.339 e. The molecule has 3 rings (SSSR count). The summed E-state index contributed by atoms with van der Waals surface area (Å²) < 4.78 is 32.3. The molecule has 1 aromatic rings. The fraction of sp³-hybridized carbons (Fsp3) is 0.533. The van der Waals surface area contributed by atoms with Crippen LogP contribution in [-0.2, 0) is 14.8 Å². The molecule has 8 heteroatoms. The van der Waals surface area contributed by atoms with Gasteiger partial charge in [-0.25, -0.2) is 13.2 Å². The first-order chi connectivity index (χ1) is 10.9. The van der Waals surface area contributed by atoms with Gasteiger partial charge in [-0.05, 0) is 44.0 Å². The van der Waals surface area contributed by atoms with Gasteiger partial charge < -0.3 is 10.1 Å². The van der Waals surface area contributed by atoms with Crippen LogP contribution in [-0.4, -0.2) is 51.0 Å². The Balaban J connectivity index is 1.97. The molecule has 1 N–H and O–H groups in total. The van der Waals surface area contributed by atoms with Crippen molar-refractivity contribution in [1.29, 1.82) is 0 Å². The van der Waals surface area contributed by atoms with Gasteiger partial charge in [-0.3, -0.25) is 0 Å². The van der Waals surface area contributed by atoms with E-state index in [9.17, 15) is 13.2 Å². The van der Waals surface area contributed by atoms with E-state index < -0.39 is 16.0 Å². The highest BCUT2D eigenvalue weighted by Crippen LogP contribution is 2.34. The monoisotopic (exact) mass is 358 g/mol. The Bertz CT molecular complexity index is 708. The molecule has 0 radical (unpaired) electrons. The van der Waals surface area contributed by atoms with Crippen LogP contribution >= 0.6 is 11.6 Å². The summed E-state index contributed by atoms with van der Waals surface area (Å²) in [7, 11) is -2.38. The standard InChI is InChI=1S/C15H19ClN2O4S/c1-22-15(19)13-5-4-12(8-14(13)16)23(20,21)18-10-2-3-11(18)9-17-7-6-10/h4-5,8,10-11,17H,2-3,6-7,9H2,1H3. The fourth-order valence-electron chi connectivity index (χ4n) is 3.38. The molecule has 2 unspecified atom stereocenters. The molecule has 0 aromatic heterocycles. The number of nitrogens with one attached hydrogen (secondary N) is 1. The molecule has 2 aliphatic rings. The van der Waals surface area contributed by atoms with Crippen molar-refractivity contribution in [2.75, 3.05) is 20.2 Å². The Morgan fingerprint density at radius 3 is 2.74 bits per heavy atom. The summed E-state index contributed by atoms with van der Waals surface area (Å²) in [5.41, 5.74) is 0.161. The van der Waals surface area contributed by atoms with E-state index in [0.29, 0.717) is 6.54 Å². The number of sulfonamides is 1. The lowest BCUT2D eigenvalue weighted by Crippen LogP contribution is -2.42. The summed E-state index contributed by atoms with van der Waals surface area (Å²) in [6.45, 7) is 1.50. The van der Waals surface area contributed by atoms with Crippen molar-refractivity contribution in [3.8, 4) is 0 Å². The zero-order valence-corrected chi connectivity index (χ0v) is 14.4. The zero-order valence-electron chi connectivity index (χ0n) is 12.8. The quantitative estimate of drug-likeness (QED) is 0.831. The molecule has 0 saturated carbocycles. The Labute approximate surface area is 140 Å². The molecule has 23 heavy (non-hydrogen) atoms. The van der Waals surface area contributed by atoms with E-state index in [2.05, 4.69) is 10.1 Å². The Kier molecular flexibility index (Phi) is 4.64. The Morgan fingerprint density at radius 2 is 2.04 bits per heavy atom. The van der Waals surface area contributed by atoms with Crippen molar-refractivity contribution in [2.45, 2.75) is 36.2 Å². The van der Waals surface area contributed by atoms with Crippen molar-refractivity contribution in [3.63, 3.8) is 0 Å². The van der Waals surface area contributed by atoms with Crippen LogP contribution < -0.4 is 5.32 Å². The Morgan fingerprint density at radius 1 is 1.30 bits per heavy atom. The number of esters is 1. The van der Waals surface area contributed by atoms with Crippen molar-refractivity contribution >= 4 is 27.6 Å². The number of nitrogens with zero attached hydrogens (tertiary/aromatic N) is 1. The zero-order chi connectivity index (χ0) is 16.6. The van der Waals surface area contributed by atoms with E-state index in [1.165, 1.54) is 25.3 Å². The fourth-order valence-corrected chi connectivity index (χ4v) is 5.63. The normalized spacial score (nSPS) is 25.1. The summed E-state index contributed by atoms with van der Waals surface area (Å²) in [6, 6.07) is 4.16. The molecule has 2 saturated heterocycles. The molecule has 2 aliphatic heterocycles. The number of ether oxygens (including phenoxy) is 1. The van der Waals surface area contributed by atoms with Gasteiger partial charge in [0.15, 0.2) is 0 Å². The first-order valence-electron chi connectivity index (χ1n) is 7.57. The molecule has 2 heterocycles. The summed E-state index contributed by atoms with van der Waals surface area (Å²) >= 11 is 6.07. The highest BCUT2D eigenvalue weighted by molar-refractivity contribution is 7.89. The first kappa shape index (κ1) is 16.7. The van der Waals surface area contributed by atoms with Gasteiger partial charge in [0.2, 0.25) is 10.0 Å². The number of rotatable bonds is 3. The van der Waals surface area contributed by atoms with Crippen molar-refractivity contribution in [3.05, 3.63) is 28.8 Å². The number of halogens is 1. The topological polar surface area (TPSA) is 75.7 Å². The molecule has 0 spiro atoms. The molecule has 2 bridgehead atoms. The Hall–Kier alpha value is -1.15. The van der Waals surface area contributed by atoms with E-state index in [1.54, 1.807) is 4.31 Å². The molecule has 126 valence electrons. The average Bonchev–Trinajstić information content (AvgIpc) is 2.80. The average molecular weight is 359 g/mol. The summed E-state index contributed by atoms with van der Waals surface area (Å²) in [5.74, 6) is -0.585. The second-order valence-electron chi connectivity index (χ2n) is 5.85. The highest BCUT2D eigenvalue weighted by atomic mass is 35.5. The van der Waals surface area contributed by atoms with E-state index in [-0.39, 0.29) is 27.6 Å². The lowest BCUT2D eigenvalue weighted by molar-refractivity contribution is 0.0601. The van der Waals surface area contributed by atoms with Crippen molar-refractivity contribution in [2.24, 2.45) is 0 Å². The van der Waals surface area contributed by atoms with Gasteiger partial charge in [0.1, 0.15) is 0 Å². The van der Waals surface area contributed by atoms with E-state index in [4.69, 9.17) is 11.6 Å². The van der Waals surface area contributed by atoms with E-state index >= 15 is 0 Å². The summed E-state index contributed by atoms with van der Waals surface area (Å²) in [4.78, 5) is 11.7. The molecule has 0 aliphatic carbocycles. The summed E-state index contributed by atoms with van der Waals surface area (Å²) in [6.07, 6.45) is 2.56. The van der Waals surface area contributed by atoms with Crippen LogP contribution in [0, 0.1) is 0 Å². The van der Waals surface area contributed by atoms with E-state index in [0.717, 1.165) is 25.8 Å². The lowest BCUT2D eigenvalue weighted by atomic mass is 10.1. The minimum Gasteiger partial charge on any atom is -0.465 e. The molecule has 2 atom stereocenters. The predicted octanol–water partition coefficient (Wildman–Crippen LogP) is 1.64. The SMILES string of the molecule is COC(=O)c1ccc(S(=O)(=O)N2C3CCNCC2CC3)cc1Cl. The predicted molar refractivity (Wildman–Crippen MR) is 86.1 cm³/mol. The minimum atomic E-state index is -3.64. The number of fused-ring (bicyclic) bond motifs is 2. The number of benzene rings is 1. The number of carbonyl (C=O) groups is 1. The molecule has 6 nitrogen and oxygen atoms in total. The van der Waals surface area contributed by atoms with Gasteiger partial charge in [0.05, 0.1) is 22.6 Å². The van der Waals surface area contributed by atoms with Crippen LogP contribution in [0.15, 0.2) is 23.1 Å². The van der Waals surface area contributed by atoms with Crippen LogP contribution in [0.3, 0.4) is 0 Å². The second-order valence-corrected chi connectivity index (χ2v) is 8.10. The van der Waals surface area contributed by atoms with Crippen LogP contribution in [0.2, 0.25) is 5.02 Å². The van der Waals surface area contributed by atoms with Crippen LogP contribution in [0.1, 0.15) is 29.6 Å². The van der Waals surface area contributed by atoms with Gasteiger partial charge in [0.25, 0.3) is 0 Å². The lowest BCUT2D eigenvalue weighted by Gasteiger charge is -2.27. The van der Waals surface area contributed by atoms with Crippen molar-refractivity contribution < 1.29 is 17.9 Å². The van der Waals surface area contributed by atoms with Gasteiger partial charge in [0, 0.05) is 18.6 Å². The number of hydrogen-bond donors (Lipinski definition) is 1. The number of methoxy groups -OCH3 is 1. The van der Waals surface area contributed by atoms with E-state index in [1.807, 2.05) is 0 Å². The maximum absolute atomic E-state index is 13.0. The van der Waals surface area contributed by atoms with Gasteiger partial charge in [-0.1, -0.05) is 11.6 Å². The van der Waals surface area contributed by atoms with Gasteiger partial charge in [-0.15, -0.1) is 0 Å². The largest absolute Gasteiger partial charge is 0.465 e. The molecule has 1 aromatic carbocycles. The second kappa shape index (κ2) is 6.39. The van der Waals surface area contributed by atoms with Crippen molar-refractivity contribution in [1.82, 2.24) is 9.62 Å². The van der Waals surface area contributed by atoms with Gasteiger partial charge in [-0.2, -0.15) is 4.31 Å². The van der Waals surface area contributed by atoms with Gasteiger partial charge >= 0.3 is 5.97 Å². The smallest absolute Gasteiger partial charge is 0.339 e. The molecular formula is C15H19ClN2O4S.